The topological polar surface area (TPSA) is 66.0 Å². The van der Waals surface area contributed by atoms with Gasteiger partial charge in [0.2, 0.25) is 5.91 Å². The van der Waals surface area contributed by atoms with Crippen LogP contribution in [-0.2, 0) is 16.0 Å². The summed E-state index contributed by atoms with van der Waals surface area (Å²) in [4.78, 5) is 18.6. The predicted molar refractivity (Wildman–Crippen MR) is 114 cm³/mol. The van der Waals surface area contributed by atoms with Crippen molar-refractivity contribution in [3.8, 4) is 0 Å². The lowest BCUT2D eigenvalue weighted by Crippen LogP contribution is -2.44. The molecule has 2 saturated heterocycles. The molecule has 6 nitrogen and oxygen atoms in total. The first-order chi connectivity index (χ1) is 12.6. The van der Waals surface area contributed by atoms with Gasteiger partial charge in [-0.3, -0.25) is 9.79 Å². The molecule has 8 heteroatoms. The number of hydrogen-bond donors (Lipinski definition) is 2. The van der Waals surface area contributed by atoms with Gasteiger partial charge in [0.15, 0.2) is 5.96 Å². The fourth-order valence-electron chi connectivity index (χ4n) is 3.69. The second-order valence-electron chi connectivity index (χ2n) is 7.10. The van der Waals surface area contributed by atoms with Crippen LogP contribution >= 0.6 is 24.0 Å². The summed E-state index contributed by atoms with van der Waals surface area (Å²) in [6.07, 6.45) is 2.44. The zero-order valence-corrected chi connectivity index (χ0v) is 18.0. The zero-order chi connectivity index (χ0) is 18.4. The van der Waals surface area contributed by atoms with Crippen LogP contribution in [0, 0.1) is 11.2 Å². The molecule has 2 aliphatic heterocycles. The van der Waals surface area contributed by atoms with Crippen molar-refractivity contribution >= 4 is 35.8 Å². The number of ether oxygens (including phenoxy) is 1. The third-order valence-corrected chi connectivity index (χ3v) is 5.12. The first-order valence-electron chi connectivity index (χ1n) is 9.15. The van der Waals surface area contributed by atoms with Gasteiger partial charge in [0.25, 0.3) is 0 Å². The summed E-state index contributed by atoms with van der Waals surface area (Å²) in [5.74, 6) is 0.431. The molecule has 1 atom stereocenters. The maximum atomic E-state index is 13.1. The summed E-state index contributed by atoms with van der Waals surface area (Å²) in [5, 5.41) is 6.16. The Morgan fingerprint density at radius 1 is 1.33 bits per heavy atom. The molecule has 150 valence electrons. The minimum atomic E-state index is -0.322. The van der Waals surface area contributed by atoms with Crippen molar-refractivity contribution in [2.45, 2.75) is 19.3 Å². The number of benzene rings is 1. The summed E-state index contributed by atoms with van der Waals surface area (Å²) in [6.45, 7) is 4.75. The van der Waals surface area contributed by atoms with Crippen LogP contribution in [-0.4, -0.2) is 63.2 Å². The summed E-state index contributed by atoms with van der Waals surface area (Å²) in [5.41, 5.74) is 0.962. The van der Waals surface area contributed by atoms with Gasteiger partial charge in [-0.2, -0.15) is 0 Å². The molecule has 2 fully saturated rings. The molecule has 2 heterocycles. The van der Waals surface area contributed by atoms with E-state index in [1.165, 1.54) is 12.1 Å². The third-order valence-electron chi connectivity index (χ3n) is 5.12. The van der Waals surface area contributed by atoms with Crippen LogP contribution in [0.25, 0.3) is 0 Å². The van der Waals surface area contributed by atoms with Gasteiger partial charge in [-0.25, -0.2) is 4.39 Å². The van der Waals surface area contributed by atoms with Crippen molar-refractivity contribution in [2.75, 3.05) is 46.4 Å². The highest BCUT2D eigenvalue weighted by Crippen LogP contribution is 2.38. The lowest BCUT2D eigenvalue weighted by molar-refractivity contribution is -0.120. The molecule has 3 rings (SSSR count). The Labute approximate surface area is 177 Å². The van der Waals surface area contributed by atoms with Gasteiger partial charge in [0.1, 0.15) is 5.82 Å². The van der Waals surface area contributed by atoms with Crippen LogP contribution in [0.4, 0.5) is 4.39 Å². The van der Waals surface area contributed by atoms with Crippen molar-refractivity contribution in [2.24, 2.45) is 10.4 Å². The molecule has 1 amide bonds. The summed E-state index contributed by atoms with van der Waals surface area (Å²) < 4.78 is 18.7. The van der Waals surface area contributed by atoms with E-state index < -0.39 is 0 Å². The highest BCUT2D eigenvalue weighted by molar-refractivity contribution is 14.0. The van der Waals surface area contributed by atoms with E-state index in [1.807, 2.05) is 0 Å². The van der Waals surface area contributed by atoms with Gasteiger partial charge >= 0.3 is 0 Å². The Bertz CT molecular complexity index is 665. The van der Waals surface area contributed by atoms with Crippen molar-refractivity contribution < 1.29 is 13.9 Å². The Morgan fingerprint density at radius 3 is 2.85 bits per heavy atom. The molecule has 1 aromatic carbocycles. The van der Waals surface area contributed by atoms with E-state index in [9.17, 15) is 9.18 Å². The normalized spacial score (nSPS) is 22.0. The van der Waals surface area contributed by atoms with Crippen LogP contribution < -0.4 is 10.6 Å². The molecule has 1 aromatic rings. The van der Waals surface area contributed by atoms with E-state index in [2.05, 4.69) is 20.5 Å². The molecule has 0 aliphatic carbocycles. The van der Waals surface area contributed by atoms with E-state index >= 15 is 0 Å². The van der Waals surface area contributed by atoms with E-state index in [0.29, 0.717) is 18.7 Å². The first-order valence-corrected chi connectivity index (χ1v) is 9.15. The van der Waals surface area contributed by atoms with Gasteiger partial charge in [-0.1, -0.05) is 12.1 Å². The summed E-state index contributed by atoms with van der Waals surface area (Å²) >= 11 is 0. The number of amides is 1. The molecule has 0 radical (unpaired) electrons. The molecular weight excluding hydrogens is 462 g/mol. The van der Waals surface area contributed by atoms with Gasteiger partial charge in [-0.05, 0) is 30.5 Å². The van der Waals surface area contributed by atoms with Gasteiger partial charge in [0.05, 0.1) is 13.0 Å². The number of guanidine groups is 1. The summed E-state index contributed by atoms with van der Waals surface area (Å²) in [6, 6.07) is 6.12. The number of carbonyl (C=O) groups excluding carboxylic acids is 1. The van der Waals surface area contributed by atoms with Gasteiger partial charge < -0.3 is 20.3 Å². The van der Waals surface area contributed by atoms with Crippen LogP contribution in [0.1, 0.15) is 18.4 Å². The van der Waals surface area contributed by atoms with Crippen LogP contribution in [0.2, 0.25) is 0 Å². The molecule has 0 bridgehead atoms. The number of hydrogen-bond acceptors (Lipinski definition) is 3. The van der Waals surface area contributed by atoms with Crippen LogP contribution in [0.15, 0.2) is 29.3 Å². The smallest absolute Gasteiger partial charge is 0.224 e. The second kappa shape index (κ2) is 10.2. The largest absolute Gasteiger partial charge is 0.381 e. The Hall–Kier alpha value is -1.42. The number of aliphatic imine (C=N–C) groups is 1. The zero-order valence-electron chi connectivity index (χ0n) is 15.7. The standard InChI is InChI=1S/C19H27FN4O2.HI/c1-21-18(24-9-5-19(13-24)6-10-26-14-19)23-8-7-22-17(25)12-15-3-2-4-16(20)11-15;/h2-4,11H,5-10,12-14H2,1H3,(H,21,23)(H,22,25);1H. The van der Waals surface area contributed by atoms with Crippen LogP contribution in [0.5, 0.6) is 0 Å². The minimum absolute atomic E-state index is 0. The number of nitrogens with zero attached hydrogens (tertiary/aromatic N) is 2. The van der Waals surface area contributed by atoms with E-state index in [0.717, 1.165) is 45.1 Å². The van der Waals surface area contributed by atoms with Crippen molar-refractivity contribution in [1.82, 2.24) is 15.5 Å². The molecular formula is C19H28FIN4O2. The molecule has 2 aliphatic rings. The quantitative estimate of drug-likeness (QED) is 0.286. The number of halogens is 2. The Balaban J connectivity index is 0.00000261. The fraction of sp³-hybridized carbons (Fsp3) is 0.579. The van der Waals surface area contributed by atoms with E-state index in [1.54, 1.807) is 19.2 Å². The molecule has 27 heavy (non-hydrogen) atoms. The first kappa shape index (κ1) is 21.9. The molecule has 0 aromatic heterocycles. The Morgan fingerprint density at radius 2 is 2.15 bits per heavy atom. The maximum absolute atomic E-state index is 13.1. The highest BCUT2D eigenvalue weighted by atomic mass is 127. The minimum Gasteiger partial charge on any atom is -0.381 e. The maximum Gasteiger partial charge on any atom is 0.224 e. The number of carbonyl (C=O) groups is 1. The highest BCUT2D eigenvalue weighted by Gasteiger charge is 2.42. The van der Waals surface area contributed by atoms with E-state index in [-0.39, 0.29) is 47.5 Å². The van der Waals surface area contributed by atoms with Crippen molar-refractivity contribution in [3.05, 3.63) is 35.6 Å². The van der Waals surface area contributed by atoms with E-state index in [4.69, 9.17) is 4.74 Å². The molecule has 2 N–H and O–H groups in total. The monoisotopic (exact) mass is 490 g/mol. The number of rotatable bonds is 5. The van der Waals surface area contributed by atoms with Gasteiger partial charge in [-0.15, -0.1) is 24.0 Å². The average Bonchev–Trinajstić information content (AvgIpc) is 3.25. The third kappa shape index (κ3) is 6.03. The van der Waals surface area contributed by atoms with Crippen LogP contribution in [0.3, 0.4) is 0 Å². The lowest BCUT2D eigenvalue weighted by Gasteiger charge is -2.25. The molecule has 1 unspecified atom stereocenters. The lowest BCUT2D eigenvalue weighted by atomic mass is 9.87. The fourth-order valence-corrected chi connectivity index (χ4v) is 3.69. The molecule has 1 spiro atoms. The second-order valence-corrected chi connectivity index (χ2v) is 7.10. The van der Waals surface area contributed by atoms with Crippen molar-refractivity contribution in [3.63, 3.8) is 0 Å². The molecule has 0 saturated carbocycles. The number of likely N-dealkylation sites (tertiary alicyclic amines) is 1. The Kier molecular flexibility index (Phi) is 8.28. The SMILES string of the molecule is CN=C(NCCNC(=O)Cc1cccc(F)c1)N1CCC2(CCOC2)C1.I. The van der Waals surface area contributed by atoms with Crippen molar-refractivity contribution in [1.29, 1.82) is 0 Å². The average molecular weight is 490 g/mol. The predicted octanol–water partition coefficient (Wildman–Crippen LogP) is 1.79. The summed E-state index contributed by atoms with van der Waals surface area (Å²) in [7, 11) is 1.78. The van der Waals surface area contributed by atoms with Gasteiger partial charge in [0, 0.05) is 45.2 Å². The number of nitrogens with one attached hydrogen (secondary N) is 2.